The third kappa shape index (κ3) is 2.79. The van der Waals surface area contributed by atoms with Gasteiger partial charge in [0, 0.05) is 11.1 Å². The van der Waals surface area contributed by atoms with Crippen molar-refractivity contribution in [1.29, 1.82) is 5.26 Å². The van der Waals surface area contributed by atoms with E-state index < -0.39 is 0 Å². The lowest BCUT2D eigenvalue weighted by atomic mass is 10.2. The van der Waals surface area contributed by atoms with Crippen molar-refractivity contribution >= 4 is 17.4 Å². The number of nitrogens with one attached hydrogen (secondary N) is 1. The second-order valence-corrected chi connectivity index (χ2v) is 4.41. The summed E-state index contributed by atoms with van der Waals surface area (Å²) in [6.07, 6.45) is 3.60. The van der Waals surface area contributed by atoms with Crippen molar-refractivity contribution in [1.82, 2.24) is 10.2 Å². The highest BCUT2D eigenvalue weighted by atomic mass is 32.2. The topological polar surface area (TPSA) is 61.6 Å². The van der Waals surface area contributed by atoms with E-state index >= 15 is 0 Å². The lowest BCUT2D eigenvalue weighted by molar-refractivity contribution is 0.924. The zero-order valence-corrected chi connectivity index (χ0v) is 10.7. The van der Waals surface area contributed by atoms with Gasteiger partial charge >= 0.3 is 0 Å². The molecule has 1 aromatic carbocycles. The molecule has 0 amide bonds. The maximum atomic E-state index is 9.20. The molecule has 0 spiro atoms. The Morgan fingerprint density at radius 1 is 1.33 bits per heavy atom. The Bertz CT molecular complexity index is 563. The first-order valence-electron chi connectivity index (χ1n) is 5.42. The van der Waals surface area contributed by atoms with Crippen LogP contribution in [0.5, 0.6) is 0 Å². The van der Waals surface area contributed by atoms with E-state index in [1.807, 2.05) is 36.6 Å². The van der Waals surface area contributed by atoms with E-state index in [1.54, 1.807) is 18.0 Å². The standard InChI is InChI=1S/C13H12N4S/c1-18-13-6-2-5-12(11(13)8-14)15-9-10-4-3-7-16-17-10/h2-7,15H,9H2,1H3. The predicted molar refractivity (Wildman–Crippen MR) is 72.3 cm³/mol. The number of nitrogens with zero attached hydrogens (tertiary/aromatic N) is 3. The fourth-order valence-corrected chi connectivity index (χ4v) is 2.15. The van der Waals surface area contributed by atoms with Crippen LogP contribution in [0.3, 0.4) is 0 Å². The first-order valence-corrected chi connectivity index (χ1v) is 6.65. The molecule has 2 rings (SSSR count). The molecular formula is C13H12N4S. The average molecular weight is 256 g/mol. The van der Waals surface area contributed by atoms with Crippen LogP contribution < -0.4 is 5.32 Å². The van der Waals surface area contributed by atoms with E-state index in [-0.39, 0.29) is 0 Å². The van der Waals surface area contributed by atoms with Gasteiger partial charge in [-0.15, -0.1) is 11.8 Å². The summed E-state index contributed by atoms with van der Waals surface area (Å²) in [5.74, 6) is 0. The maximum absolute atomic E-state index is 9.20. The Kier molecular flexibility index (Phi) is 4.15. The van der Waals surface area contributed by atoms with Crippen LogP contribution in [0.1, 0.15) is 11.3 Å². The zero-order chi connectivity index (χ0) is 12.8. The molecule has 0 atom stereocenters. The fraction of sp³-hybridized carbons (Fsp3) is 0.154. The maximum Gasteiger partial charge on any atom is 0.102 e. The molecule has 0 fully saturated rings. The summed E-state index contributed by atoms with van der Waals surface area (Å²) in [7, 11) is 0. The van der Waals surface area contributed by atoms with Crippen molar-refractivity contribution in [2.75, 3.05) is 11.6 Å². The number of hydrogen-bond donors (Lipinski definition) is 1. The molecule has 0 saturated carbocycles. The summed E-state index contributed by atoms with van der Waals surface area (Å²) in [6, 6.07) is 11.7. The smallest absolute Gasteiger partial charge is 0.102 e. The van der Waals surface area contributed by atoms with Gasteiger partial charge in [-0.25, -0.2) is 0 Å². The van der Waals surface area contributed by atoms with Crippen molar-refractivity contribution in [2.45, 2.75) is 11.4 Å². The fourth-order valence-electron chi connectivity index (χ4n) is 1.58. The van der Waals surface area contributed by atoms with Crippen LogP contribution in [0.25, 0.3) is 0 Å². The summed E-state index contributed by atoms with van der Waals surface area (Å²) >= 11 is 1.57. The second-order valence-electron chi connectivity index (χ2n) is 3.56. The monoisotopic (exact) mass is 256 g/mol. The third-order valence-electron chi connectivity index (χ3n) is 2.45. The highest BCUT2D eigenvalue weighted by Gasteiger charge is 2.06. The minimum Gasteiger partial charge on any atom is -0.378 e. The van der Waals surface area contributed by atoms with Gasteiger partial charge in [0.25, 0.3) is 0 Å². The number of rotatable bonds is 4. The molecule has 0 radical (unpaired) electrons. The normalized spacial score (nSPS) is 9.78. The van der Waals surface area contributed by atoms with Gasteiger partial charge in [-0.2, -0.15) is 15.5 Å². The number of aromatic nitrogens is 2. The van der Waals surface area contributed by atoms with Crippen LogP contribution >= 0.6 is 11.8 Å². The van der Waals surface area contributed by atoms with Crippen molar-refractivity contribution < 1.29 is 0 Å². The Morgan fingerprint density at radius 2 is 2.22 bits per heavy atom. The summed E-state index contributed by atoms with van der Waals surface area (Å²) in [5.41, 5.74) is 2.35. The lowest BCUT2D eigenvalue weighted by Crippen LogP contribution is -2.04. The van der Waals surface area contributed by atoms with Gasteiger partial charge in [0.1, 0.15) is 6.07 Å². The molecule has 5 heteroatoms. The molecule has 1 N–H and O–H groups in total. The minimum absolute atomic E-state index is 0.556. The Balaban J connectivity index is 2.17. The molecule has 90 valence electrons. The molecule has 0 bridgehead atoms. The number of hydrogen-bond acceptors (Lipinski definition) is 5. The highest BCUT2D eigenvalue weighted by molar-refractivity contribution is 7.98. The van der Waals surface area contributed by atoms with E-state index in [0.29, 0.717) is 12.1 Å². The molecule has 1 aromatic heterocycles. The summed E-state index contributed by atoms with van der Waals surface area (Å²) in [4.78, 5) is 0.974. The van der Waals surface area contributed by atoms with Crippen LogP contribution in [-0.4, -0.2) is 16.5 Å². The van der Waals surface area contributed by atoms with Crippen molar-refractivity contribution in [2.24, 2.45) is 0 Å². The molecule has 0 aliphatic carbocycles. The molecule has 2 aromatic rings. The molecule has 0 saturated heterocycles. The van der Waals surface area contributed by atoms with E-state index in [9.17, 15) is 5.26 Å². The van der Waals surface area contributed by atoms with E-state index in [4.69, 9.17) is 0 Å². The van der Waals surface area contributed by atoms with Crippen molar-refractivity contribution in [3.63, 3.8) is 0 Å². The average Bonchev–Trinajstić information content (AvgIpc) is 2.45. The molecule has 1 heterocycles. The Morgan fingerprint density at radius 3 is 2.89 bits per heavy atom. The summed E-state index contributed by atoms with van der Waals surface area (Å²) in [5, 5.41) is 20.2. The number of nitriles is 1. The molecule has 18 heavy (non-hydrogen) atoms. The van der Waals surface area contributed by atoms with Gasteiger partial charge in [-0.1, -0.05) is 6.07 Å². The van der Waals surface area contributed by atoms with Crippen LogP contribution in [0.15, 0.2) is 41.4 Å². The van der Waals surface area contributed by atoms with Gasteiger partial charge in [0.15, 0.2) is 0 Å². The SMILES string of the molecule is CSc1cccc(NCc2cccnn2)c1C#N. The van der Waals surface area contributed by atoms with Gasteiger partial charge in [-0.3, -0.25) is 0 Å². The first kappa shape index (κ1) is 12.4. The summed E-state index contributed by atoms with van der Waals surface area (Å²) < 4.78 is 0. The molecule has 0 unspecified atom stereocenters. The van der Waals surface area contributed by atoms with Gasteiger partial charge < -0.3 is 5.32 Å². The van der Waals surface area contributed by atoms with Gasteiger partial charge in [-0.05, 0) is 30.5 Å². The van der Waals surface area contributed by atoms with Gasteiger partial charge in [0.2, 0.25) is 0 Å². The van der Waals surface area contributed by atoms with Crippen LogP contribution in [-0.2, 0) is 6.54 Å². The number of anilines is 1. The first-order chi connectivity index (χ1) is 8.85. The highest BCUT2D eigenvalue weighted by Crippen LogP contribution is 2.26. The third-order valence-corrected chi connectivity index (χ3v) is 3.23. The molecule has 0 aliphatic rings. The Labute approximate surface area is 110 Å². The quantitative estimate of drug-likeness (QED) is 0.852. The van der Waals surface area contributed by atoms with Crippen molar-refractivity contribution in [3.05, 3.63) is 47.8 Å². The van der Waals surface area contributed by atoms with E-state index in [2.05, 4.69) is 21.6 Å². The minimum atomic E-state index is 0.556. The number of benzene rings is 1. The molecule has 0 aliphatic heterocycles. The number of thioether (sulfide) groups is 1. The second kappa shape index (κ2) is 6.03. The van der Waals surface area contributed by atoms with Crippen LogP contribution in [0.2, 0.25) is 0 Å². The van der Waals surface area contributed by atoms with Crippen LogP contribution in [0.4, 0.5) is 5.69 Å². The van der Waals surface area contributed by atoms with E-state index in [1.165, 1.54) is 0 Å². The van der Waals surface area contributed by atoms with Crippen LogP contribution in [0, 0.1) is 11.3 Å². The largest absolute Gasteiger partial charge is 0.378 e. The lowest BCUT2D eigenvalue weighted by Gasteiger charge is -2.09. The van der Waals surface area contributed by atoms with Crippen molar-refractivity contribution in [3.8, 4) is 6.07 Å². The van der Waals surface area contributed by atoms with E-state index in [0.717, 1.165) is 16.3 Å². The molecular weight excluding hydrogens is 244 g/mol. The van der Waals surface area contributed by atoms with Gasteiger partial charge in [0.05, 0.1) is 23.5 Å². The zero-order valence-electron chi connectivity index (χ0n) is 9.92. The Hall–Kier alpha value is -2.06. The summed E-state index contributed by atoms with van der Waals surface area (Å²) in [6.45, 7) is 0.556. The molecule has 4 nitrogen and oxygen atoms in total. The predicted octanol–water partition coefficient (Wildman–Crippen LogP) is 2.68.